The molecule has 0 fully saturated rings. The highest BCUT2D eigenvalue weighted by atomic mass is 127. The Kier molecular flexibility index (Phi) is 4.84. The second-order valence-electron chi connectivity index (χ2n) is 4.74. The van der Waals surface area contributed by atoms with E-state index in [1.807, 2.05) is 0 Å². The molecule has 0 spiro atoms. The van der Waals surface area contributed by atoms with Crippen molar-refractivity contribution in [2.75, 3.05) is 0 Å². The summed E-state index contributed by atoms with van der Waals surface area (Å²) in [5.41, 5.74) is 3.99. The minimum absolute atomic E-state index is 0.274. The van der Waals surface area contributed by atoms with E-state index in [-0.39, 0.29) is 4.83 Å². The molecule has 0 aromatic heterocycles. The van der Waals surface area contributed by atoms with Gasteiger partial charge in [-0.15, -0.1) is 0 Å². The van der Waals surface area contributed by atoms with Gasteiger partial charge >= 0.3 is 0 Å². The van der Waals surface area contributed by atoms with E-state index in [1.54, 1.807) is 0 Å². The first-order chi connectivity index (χ1) is 8.58. The number of benzene rings is 2. The summed E-state index contributed by atoms with van der Waals surface area (Å²) >= 11 is 6.11. The lowest BCUT2D eigenvalue weighted by Crippen LogP contribution is -1.94. The van der Waals surface area contributed by atoms with Crippen LogP contribution in [0.3, 0.4) is 0 Å². The van der Waals surface area contributed by atoms with Crippen molar-refractivity contribution in [1.82, 2.24) is 0 Å². The van der Waals surface area contributed by atoms with Crippen LogP contribution in [0.1, 0.15) is 41.3 Å². The van der Waals surface area contributed by atoms with Crippen LogP contribution >= 0.6 is 38.5 Å². The van der Waals surface area contributed by atoms with Crippen LogP contribution in [0.25, 0.3) is 0 Å². The predicted molar refractivity (Wildman–Crippen MR) is 90.5 cm³/mol. The maximum Gasteiger partial charge on any atom is 0.0644 e. The fourth-order valence-electron chi connectivity index (χ4n) is 1.87. The molecule has 0 aliphatic rings. The first-order valence-corrected chi connectivity index (χ1v) is 8.07. The standard InChI is InChI=1S/C16H16BrI/c1-11(2)12-3-5-13(6-4-12)16(17)14-7-9-15(18)10-8-14/h3-11,16H,1-2H3. The maximum atomic E-state index is 3.78. The number of halogens is 2. The molecule has 1 unspecified atom stereocenters. The monoisotopic (exact) mass is 414 g/mol. The van der Waals surface area contributed by atoms with Crippen LogP contribution in [-0.4, -0.2) is 0 Å². The van der Waals surface area contributed by atoms with Gasteiger partial charge in [0.2, 0.25) is 0 Å². The summed E-state index contributed by atoms with van der Waals surface area (Å²) in [6.45, 7) is 4.44. The van der Waals surface area contributed by atoms with Crippen molar-refractivity contribution >= 4 is 38.5 Å². The normalized spacial score (nSPS) is 12.7. The zero-order valence-corrected chi connectivity index (χ0v) is 14.3. The molecule has 0 saturated carbocycles. The van der Waals surface area contributed by atoms with E-state index < -0.39 is 0 Å². The summed E-state index contributed by atoms with van der Waals surface area (Å²) in [6.07, 6.45) is 0. The van der Waals surface area contributed by atoms with Gasteiger partial charge in [-0.25, -0.2) is 0 Å². The zero-order valence-electron chi connectivity index (χ0n) is 10.5. The molecule has 2 heteroatoms. The molecule has 0 radical (unpaired) electrons. The average molecular weight is 415 g/mol. The summed E-state index contributed by atoms with van der Waals surface area (Å²) in [4.78, 5) is 0.274. The number of hydrogen-bond acceptors (Lipinski definition) is 0. The lowest BCUT2D eigenvalue weighted by atomic mass is 9.99. The van der Waals surface area contributed by atoms with Gasteiger partial charge in [-0.05, 0) is 57.3 Å². The van der Waals surface area contributed by atoms with Gasteiger partial charge in [-0.2, -0.15) is 0 Å². The molecule has 0 bridgehead atoms. The minimum Gasteiger partial charge on any atom is -0.0786 e. The van der Waals surface area contributed by atoms with Crippen LogP contribution in [0.15, 0.2) is 48.5 Å². The fourth-order valence-corrected chi connectivity index (χ4v) is 2.84. The molecular formula is C16H16BrI. The van der Waals surface area contributed by atoms with E-state index >= 15 is 0 Å². The van der Waals surface area contributed by atoms with Crippen molar-refractivity contribution in [1.29, 1.82) is 0 Å². The van der Waals surface area contributed by atoms with Crippen LogP contribution < -0.4 is 0 Å². The smallest absolute Gasteiger partial charge is 0.0644 e. The van der Waals surface area contributed by atoms with Gasteiger partial charge < -0.3 is 0 Å². The molecule has 0 saturated heterocycles. The second-order valence-corrected chi connectivity index (χ2v) is 6.90. The Morgan fingerprint density at radius 3 is 1.61 bits per heavy atom. The van der Waals surface area contributed by atoms with Gasteiger partial charge in [0.05, 0.1) is 4.83 Å². The minimum atomic E-state index is 0.274. The van der Waals surface area contributed by atoms with Crippen LogP contribution in [0.2, 0.25) is 0 Å². The highest BCUT2D eigenvalue weighted by molar-refractivity contribution is 14.1. The SMILES string of the molecule is CC(C)c1ccc(C(Br)c2ccc(I)cc2)cc1. The summed E-state index contributed by atoms with van der Waals surface area (Å²) < 4.78 is 1.27. The summed E-state index contributed by atoms with van der Waals surface area (Å²) in [5.74, 6) is 0.589. The molecule has 94 valence electrons. The van der Waals surface area contributed by atoms with Crippen molar-refractivity contribution in [3.05, 3.63) is 68.8 Å². The third-order valence-electron chi connectivity index (χ3n) is 3.06. The third kappa shape index (κ3) is 3.35. The van der Waals surface area contributed by atoms with E-state index in [9.17, 15) is 0 Å². The second kappa shape index (κ2) is 6.20. The molecule has 0 aliphatic heterocycles. The highest BCUT2D eigenvalue weighted by Gasteiger charge is 2.10. The van der Waals surface area contributed by atoms with E-state index in [2.05, 4.69) is 101 Å². The van der Waals surface area contributed by atoms with Gasteiger partial charge in [-0.1, -0.05) is 66.2 Å². The number of alkyl halides is 1. The van der Waals surface area contributed by atoms with Gasteiger partial charge in [0.15, 0.2) is 0 Å². The first-order valence-electron chi connectivity index (χ1n) is 6.07. The Hall–Kier alpha value is -0.350. The first kappa shape index (κ1) is 14.1. The van der Waals surface area contributed by atoms with Crippen LogP contribution in [-0.2, 0) is 0 Å². The number of rotatable bonds is 3. The van der Waals surface area contributed by atoms with Gasteiger partial charge in [0.25, 0.3) is 0 Å². The Morgan fingerprint density at radius 1 is 0.778 bits per heavy atom. The highest BCUT2D eigenvalue weighted by Crippen LogP contribution is 2.31. The zero-order chi connectivity index (χ0) is 13.1. The van der Waals surface area contributed by atoms with Crippen LogP contribution in [0, 0.1) is 3.57 Å². The van der Waals surface area contributed by atoms with Crippen molar-refractivity contribution in [3.8, 4) is 0 Å². The van der Waals surface area contributed by atoms with Crippen molar-refractivity contribution in [3.63, 3.8) is 0 Å². The molecule has 0 amide bonds. The molecule has 18 heavy (non-hydrogen) atoms. The van der Waals surface area contributed by atoms with Crippen molar-refractivity contribution in [2.45, 2.75) is 24.6 Å². The van der Waals surface area contributed by atoms with E-state index in [0.717, 1.165) is 0 Å². The molecule has 0 N–H and O–H groups in total. The van der Waals surface area contributed by atoms with Crippen molar-refractivity contribution in [2.24, 2.45) is 0 Å². The largest absolute Gasteiger partial charge is 0.0786 e. The summed E-state index contributed by atoms with van der Waals surface area (Å²) in [7, 11) is 0. The van der Waals surface area contributed by atoms with E-state index in [0.29, 0.717) is 5.92 Å². The van der Waals surface area contributed by atoms with Crippen LogP contribution in [0.4, 0.5) is 0 Å². The predicted octanol–water partition coefficient (Wildman–Crippen LogP) is 5.90. The van der Waals surface area contributed by atoms with E-state index in [1.165, 1.54) is 20.3 Å². The molecule has 0 nitrogen and oxygen atoms in total. The summed E-state index contributed by atoms with van der Waals surface area (Å²) in [6, 6.07) is 17.5. The van der Waals surface area contributed by atoms with Gasteiger partial charge in [0.1, 0.15) is 0 Å². The topological polar surface area (TPSA) is 0 Å². The lowest BCUT2D eigenvalue weighted by molar-refractivity contribution is 0.865. The lowest BCUT2D eigenvalue weighted by Gasteiger charge is -2.12. The molecule has 2 aromatic rings. The van der Waals surface area contributed by atoms with Gasteiger partial charge in [0, 0.05) is 3.57 Å². The van der Waals surface area contributed by atoms with Crippen LogP contribution in [0.5, 0.6) is 0 Å². The molecule has 1 atom stereocenters. The van der Waals surface area contributed by atoms with Gasteiger partial charge in [-0.3, -0.25) is 0 Å². The molecule has 0 heterocycles. The Labute approximate surface area is 131 Å². The maximum absolute atomic E-state index is 3.78. The van der Waals surface area contributed by atoms with E-state index in [4.69, 9.17) is 0 Å². The van der Waals surface area contributed by atoms with Crippen molar-refractivity contribution < 1.29 is 0 Å². The number of hydrogen-bond donors (Lipinski definition) is 0. The fraction of sp³-hybridized carbons (Fsp3) is 0.250. The average Bonchev–Trinajstić information content (AvgIpc) is 2.39. The quantitative estimate of drug-likeness (QED) is 0.433. The Bertz CT molecular complexity index is 500. The third-order valence-corrected chi connectivity index (χ3v) is 4.83. The molecule has 2 rings (SSSR count). The molecular weight excluding hydrogens is 399 g/mol. The summed E-state index contributed by atoms with van der Waals surface area (Å²) in [5, 5.41) is 0. The Balaban J connectivity index is 2.23. The molecule has 0 aliphatic carbocycles. The molecule has 2 aromatic carbocycles. The Morgan fingerprint density at radius 2 is 1.17 bits per heavy atom.